The van der Waals surface area contributed by atoms with Crippen LogP contribution in [0.2, 0.25) is 0 Å². The highest BCUT2D eigenvalue weighted by Gasteiger charge is 2.24. The molecular weight excluding hydrogens is 382 g/mol. The van der Waals surface area contributed by atoms with Crippen molar-refractivity contribution >= 4 is 16.2 Å². The van der Waals surface area contributed by atoms with Gasteiger partial charge in [0.15, 0.2) is 0 Å². The molecule has 4 nitrogen and oxygen atoms in total. The molecule has 0 fully saturated rings. The lowest BCUT2D eigenvalue weighted by molar-refractivity contribution is -0.929. The Kier molecular flexibility index (Phi) is 15.9. The SMILES string of the molecule is CCCC[N+](CCCC)(CCCC)CCCC.O=S(=O)(O)C=Cc1ccccc1. The van der Waals surface area contributed by atoms with E-state index in [0.717, 1.165) is 11.0 Å². The Morgan fingerprint density at radius 2 is 1.14 bits per heavy atom. The van der Waals surface area contributed by atoms with Crippen molar-refractivity contribution in [1.29, 1.82) is 0 Å². The molecular formula is C24H44NO3S+. The van der Waals surface area contributed by atoms with E-state index < -0.39 is 10.1 Å². The van der Waals surface area contributed by atoms with E-state index in [-0.39, 0.29) is 0 Å². The molecule has 0 aromatic heterocycles. The van der Waals surface area contributed by atoms with Crippen LogP contribution in [0.15, 0.2) is 35.7 Å². The summed E-state index contributed by atoms with van der Waals surface area (Å²) < 4.78 is 30.3. The van der Waals surface area contributed by atoms with Crippen LogP contribution in [0.25, 0.3) is 6.08 Å². The molecule has 1 aromatic rings. The predicted octanol–water partition coefficient (Wildman–Crippen LogP) is 6.55. The van der Waals surface area contributed by atoms with Gasteiger partial charge in [-0.15, -0.1) is 0 Å². The molecule has 0 saturated heterocycles. The van der Waals surface area contributed by atoms with E-state index in [4.69, 9.17) is 4.55 Å². The van der Waals surface area contributed by atoms with Crippen molar-refractivity contribution in [2.75, 3.05) is 26.2 Å². The first kappa shape index (κ1) is 27.8. The zero-order chi connectivity index (χ0) is 22.0. The fourth-order valence-corrected chi connectivity index (χ4v) is 3.70. The Labute approximate surface area is 180 Å². The first-order chi connectivity index (χ1) is 13.8. The Balaban J connectivity index is 0.000000571. The molecule has 0 heterocycles. The van der Waals surface area contributed by atoms with Crippen molar-refractivity contribution in [1.82, 2.24) is 0 Å². The van der Waals surface area contributed by atoms with Gasteiger partial charge < -0.3 is 4.48 Å². The topological polar surface area (TPSA) is 54.4 Å². The fraction of sp³-hybridized carbons (Fsp3) is 0.667. The summed E-state index contributed by atoms with van der Waals surface area (Å²) >= 11 is 0. The Hall–Kier alpha value is -1.17. The molecule has 0 saturated carbocycles. The van der Waals surface area contributed by atoms with E-state index in [9.17, 15) is 8.42 Å². The summed E-state index contributed by atoms with van der Waals surface area (Å²) in [4.78, 5) is 0. The minimum Gasteiger partial charge on any atom is -0.324 e. The molecule has 0 radical (unpaired) electrons. The van der Waals surface area contributed by atoms with Gasteiger partial charge in [-0.05, 0) is 37.3 Å². The van der Waals surface area contributed by atoms with Gasteiger partial charge >= 0.3 is 0 Å². The van der Waals surface area contributed by atoms with Gasteiger partial charge in [-0.3, -0.25) is 4.55 Å². The molecule has 1 rings (SSSR count). The van der Waals surface area contributed by atoms with Gasteiger partial charge in [0.1, 0.15) is 0 Å². The summed E-state index contributed by atoms with van der Waals surface area (Å²) in [5.74, 6) is 0. The second kappa shape index (κ2) is 16.6. The summed E-state index contributed by atoms with van der Waals surface area (Å²) in [7, 11) is -4.00. The van der Waals surface area contributed by atoms with Crippen LogP contribution in [-0.2, 0) is 10.1 Å². The summed E-state index contributed by atoms with van der Waals surface area (Å²) in [6.45, 7) is 15.0. The summed E-state index contributed by atoms with van der Waals surface area (Å²) in [6, 6.07) is 8.86. The van der Waals surface area contributed by atoms with E-state index in [1.54, 1.807) is 24.3 Å². The largest absolute Gasteiger partial charge is 0.324 e. The van der Waals surface area contributed by atoms with Gasteiger partial charge in [0.05, 0.1) is 31.6 Å². The normalized spacial score (nSPS) is 12.0. The number of rotatable bonds is 14. The van der Waals surface area contributed by atoms with Crippen molar-refractivity contribution in [3.63, 3.8) is 0 Å². The second-order valence-corrected chi connectivity index (χ2v) is 9.18. The van der Waals surface area contributed by atoms with Crippen LogP contribution in [0, 0.1) is 0 Å². The lowest BCUT2D eigenvalue weighted by Gasteiger charge is -2.39. The molecule has 29 heavy (non-hydrogen) atoms. The molecule has 0 aliphatic rings. The molecule has 1 aromatic carbocycles. The molecule has 0 amide bonds. The Morgan fingerprint density at radius 1 is 0.759 bits per heavy atom. The molecule has 0 aliphatic carbocycles. The van der Waals surface area contributed by atoms with Crippen LogP contribution in [0.1, 0.15) is 84.6 Å². The van der Waals surface area contributed by atoms with E-state index >= 15 is 0 Å². The zero-order valence-corrected chi connectivity index (χ0v) is 20.0. The van der Waals surface area contributed by atoms with E-state index in [1.807, 2.05) is 6.07 Å². The Bertz CT molecular complexity index is 589. The highest BCUT2D eigenvalue weighted by molar-refractivity contribution is 7.88. The van der Waals surface area contributed by atoms with E-state index in [1.165, 1.54) is 88.1 Å². The van der Waals surface area contributed by atoms with Crippen molar-refractivity contribution in [3.05, 3.63) is 41.3 Å². The number of hydrogen-bond acceptors (Lipinski definition) is 2. The van der Waals surface area contributed by atoms with Gasteiger partial charge in [-0.2, -0.15) is 8.42 Å². The summed E-state index contributed by atoms with van der Waals surface area (Å²) in [5.41, 5.74) is 0.732. The molecule has 0 bridgehead atoms. The molecule has 0 aliphatic heterocycles. The third kappa shape index (κ3) is 15.3. The van der Waals surface area contributed by atoms with Crippen LogP contribution < -0.4 is 0 Å². The molecule has 0 unspecified atom stereocenters. The molecule has 1 N–H and O–H groups in total. The average Bonchev–Trinajstić information content (AvgIpc) is 2.72. The van der Waals surface area contributed by atoms with Crippen LogP contribution >= 0.6 is 0 Å². The highest BCUT2D eigenvalue weighted by atomic mass is 32.2. The first-order valence-electron chi connectivity index (χ1n) is 11.4. The van der Waals surface area contributed by atoms with Crippen LogP contribution in [-0.4, -0.2) is 43.6 Å². The van der Waals surface area contributed by atoms with Crippen LogP contribution in [0.3, 0.4) is 0 Å². The Morgan fingerprint density at radius 3 is 1.45 bits per heavy atom. The number of benzene rings is 1. The van der Waals surface area contributed by atoms with Crippen molar-refractivity contribution in [2.24, 2.45) is 0 Å². The molecule has 5 heteroatoms. The third-order valence-corrected chi connectivity index (χ3v) is 5.66. The third-order valence-electron chi connectivity index (χ3n) is 5.18. The van der Waals surface area contributed by atoms with Crippen molar-refractivity contribution < 1.29 is 17.5 Å². The average molecular weight is 427 g/mol. The minimum atomic E-state index is -4.00. The van der Waals surface area contributed by atoms with Gasteiger partial charge in [0, 0.05) is 0 Å². The number of quaternary nitrogens is 1. The van der Waals surface area contributed by atoms with Crippen LogP contribution in [0.5, 0.6) is 0 Å². The molecule has 0 spiro atoms. The number of nitrogens with zero attached hydrogens (tertiary/aromatic N) is 1. The maximum atomic E-state index is 10.3. The highest BCUT2D eigenvalue weighted by Crippen LogP contribution is 2.16. The maximum absolute atomic E-state index is 10.3. The lowest BCUT2D eigenvalue weighted by Crippen LogP contribution is -2.50. The fourth-order valence-electron chi connectivity index (χ4n) is 3.37. The molecule has 0 atom stereocenters. The molecule has 168 valence electrons. The van der Waals surface area contributed by atoms with Crippen molar-refractivity contribution in [3.8, 4) is 0 Å². The van der Waals surface area contributed by atoms with Gasteiger partial charge in [-0.1, -0.05) is 83.7 Å². The quantitative estimate of drug-likeness (QED) is 0.271. The number of unbranched alkanes of at least 4 members (excludes halogenated alkanes) is 4. The van der Waals surface area contributed by atoms with Gasteiger partial charge in [0.2, 0.25) is 0 Å². The standard InChI is InChI=1S/C16H36N.C8H8O3S/c1-5-9-13-17(14-10-6-2,15-11-7-3)16-12-8-4;9-12(10,11)7-6-8-4-2-1-3-5-8/h5-16H2,1-4H3;1-7H,(H,9,10,11)/q+1;. The summed E-state index contributed by atoms with van der Waals surface area (Å²) in [5, 5.41) is 0.752. The smallest absolute Gasteiger partial charge is 0.287 e. The minimum absolute atomic E-state index is 0.732. The monoisotopic (exact) mass is 426 g/mol. The van der Waals surface area contributed by atoms with E-state index in [0.29, 0.717) is 0 Å². The predicted molar refractivity (Wildman–Crippen MR) is 126 cm³/mol. The lowest BCUT2D eigenvalue weighted by atomic mass is 10.1. The van der Waals surface area contributed by atoms with Crippen molar-refractivity contribution in [2.45, 2.75) is 79.1 Å². The number of hydrogen-bond donors (Lipinski definition) is 1. The van der Waals surface area contributed by atoms with Crippen LogP contribution in [0.4, 0.5) is 0 Å². The van der Waals surface area contributed by atoms with Gasteiger partial charge in [0.25, 0.3) is 10.1 Å². The second-order valence-electron chi connectivity index (χ2n) is 7.88. The van der Waals surface area contributed by atoms with E-state index in [2.05, 4.69) is 27.7 Å². The summed E-state index contributed by atoms with van der Waals surface area (Å²) in [6.07, 6.45) is 12.4. The van der Waals surface area contributed by atoms with Gasteiger partial charge in [-0.25, -0.2) is 0 Å². The maximum Gasteiger partial charge on any atom is 0.287 e. The zero-order valence-electron chi connectivity index (χ0n) is 19.1. The first-order valence-corrected chi connectivity index (χ1v) is 12.9.